The number of fused-ring (bicyclic) bond motifs is 1. The fourth-order valence-electron chi connectivity index (χ4n) is 3.73. The van der Waals surface area contributed by atoms with Crippen molar-refractivity contribution >= 4 is 16.7 Å². The van der Waals surface area contributed by atoms with Crippen LogP contribution in [0.15, 0.2) is 24.3 Å². The maximum Gasteiger partial charge on any atom is 0.156 e. The van der Waals surface area contributed by atoms with Gasteiger partial charge in [-0.1, -0.05) is 46.8 Å². The van der Waals surface area contributed by atoms with Crippen molar-refractivity contribution in [1.29, 1.82) is 0 Å². The van der Waals surface area contributed by atoms with Crippen LogP contribution in [0.1, 0.15) is 53.6 Å². The van der Waals surface area contributed by atoms with Crippen molar-refractivity contribution in [3.05, 3.63) is 24.3 Å². The minimum atomic E-state index is 0.307. The van der Waals surface area contributed by atoms with E-state index in [0.717, 1.165) is 57.9 Å². The van der Waals surface area contributed by atoms with E-state index in [-0.39, 0.29) is 0 Å². The molecule has 5 heteroatoms. The Labute approximate surface area is 159 Å². The number of nitrogens with one attached hydrogen (secondary N) is 1. The number of anilines is 1. The van der Waals surface area contributed by atoms with Crippen LogP contribution in [0.5, 0.6) is 0 Å². The lowest BCUT2D eigenvalue weighted by Gasteiger charge is -2.29. The van der Waals surface area contributed by atoms with Gasteiger partial charge in [0.05, 0.1) is 5.52 Å². The van der Waals surface area contributed by atoms with E-state index in [1.54, 1.807) is 0 Å². The van der Waals surface area contributed by atoms with E-state index in [1.165, 1.54) is 10.9 Å². The van der Waals surface area contributed by atoms with Crippen LogP contribution in [0, 0.1) is 0 Å². The normalized spacial score (nSPS) is 13.0. The molecular formula is C21H37N5. The lowest BCUT2D eigenvalue weighted by molar-refractivity contribution is 0.142. The Kier molecular flexibility index (Phi) is 8.39. The van der Waals surface area contributed by atoms with E-state index in [9.17, 15) is 0 Å². The SMILES string of the molecule is CCC(N(CC)CC)n1nc(NCCCN(CC)CC)c2ccccc21. The monoisotopic (exact) mass is 359 g/mol. The lowest BCUT2D eigenvalue weighted by atomic mass is 10.2. The van der Waals surface area contributed by atoms with Crippen LogP contribution in [0.3, 0.4) is 0 Å². The lowest BCUT2D eigenvalue weighted by Crippen LogP contribution is -2.32. The molecule has 1 aromatic heterocycles. The van der Waals surface area contributed by atoms with E-state index < -0.39 is 0 Å². The van der Waals surface area contributed by atoms with Crippen LogP contribution in [0.2, 0.25) is 0 Å². The summed E-state index contributed by atoms with van der Waals surface area (Å²) in [7, 11) is 0. The van der Waals surface area contributed by atoms with Crippen LogP contribution in [0.25, 0.3) is 10.9 Å². The standard InChI is InChI=1S/C21H37N5/c1-6-20(25(9-4)10-5)26-19-15-12-11-14-18(19)21(23-26)22-16-13-17-24(7-2)8-3/h11-12,14-15,20H,6-10,13,16-17H2,1-5H3,(H,22,23). The van der Waals surface area contributed by atoms with Gasteiger partial charge in [-0.05, 0) is 57.7 Å². The van der Waals surface area contributed by atoms with Crippen LogP contribution >= 0.6 is 0 Å². The topological polar surface area (TPSA) is 36.3 Å². The van der Waals surface area contributed by atoms with Crippen molar-refractivity contribution in [2.24, 2.45) is 0 Å². The first-order valence-electron chi connectivity index (χ1n) is 10.4. The Morgan fingerprint density at radius 3 is 2.31 bits per heavy atom. The van der Waals surface area contributed by atoms with Crippen molar-refractivity contribution in [2.75, 3.05) is 44.6 Å². The van der Waals surface area contributed by atoms with Gasteiger partial charge < -0.3 is 10.2 Å². The zero-order chi connectivity index (χ0) is 18.9. The number of aromatic nitrogens is 2. The average molecular weight is 360 g/mol. The number of benzene rings is 1. The highest BCUT2D eigenvalue weighted by molar-refractivity contribution is 5.90. The molecule has 1 N–H and O–H groups in total. The summed E-state index contributed by atoms with van der Waals surface area (Å²) >= 11 is 0. The van der Waals surface area contributed by atoms with Crippen molar-refractivity contribution < 1.29 is 0 Å². The molecule has 1 heterocycles. The second-order valence-electron chi connectivity index (χ2n) is 6.73. The Bertz CT molecular complexity index is 643. The van der Waals surface area contributed by atoms with Gasteiger partial charge in [0.15, 0.2) is 5.82 Å². The molecule has 0 aliphatic carbocycles. The summed E-state index contributed by atoms with van der Waals surface area (Å²) in [6.45, 7) is 17.6. The molecule has 2 aromatic rings. The molecule has 0 aliphatic heterocycles. The molecule has 0 saturated heterocycles. The van der Waals surface area contributed by atoms with Gasteiger partial charge in [-0.3, -0.25) is 4.90 Å². The number of hydrogen-bond acceptors (Lipinski definition) is 4. The fraction of sp³-hybridized carbons (Fsp3) is 0.667. The third-order valence-corrected chi connectivity index (χ3v) is 5.33. The Balaban J connectivity index is 2.18. The van der Waals surface area contributed by atoms with E-state index in [2.05, 4.69) is 78.7 Å². The minimum Gasteiger partial charge on any atom is -0.368 e. The molecule has 1 unspecified atom stereocenters. The van der Waals surface area contributed by atoms with Crippen LogP contribution in [-0.4, -0.2) is 58.8 Å². The van der Waals surface area contributed by atoms with Gasteiger partial charge in [0.1, 0.15) is 6.17 Å². The molecule has 0 amide bonds. The highest BCUT2D eigenvalue weighted by Gasteiger charge is 2.20. The Hall–Kier alpha value is -1.59. The quantitative estimate of drug-likeness (QED) is 0.569. The summed E-state index contributed by atoms with van der Waals surface area (Å²) in [5.41, 5.74) is 1.22. The molecule has 0 bridgehead atoms. The van der Waals surface area contributed by atoms with Crippen molar-refractivity contribution in [3.8, 4) is 0 Å². The van der Waals surface area contributed by atoms with Gasteiger partial charge in [-0.25, -0.2) is 4.68 Å². The number of hydrogen-bond donors (Lipinski definition) is 1. The van der Waals surface area contributed by atoms with E-state index in [4.69, 9.17) is 5.10 Å². The zero-order valence-electron chi connectivity index (χ0n) is 17.3. The number of para-hydroxylation sites is 1. The van der Waals surface area contributed by atoms with Crippen molar-refractivity contribution in [2.45, 2.75) is 53.6 Å². The average Bonchev–Trinajstić information content (AvgIpc) is 3.04. The molecule has 0 fully saturated rings. The summed E-state index contributed by atoms with van der Waals surface area (Å²) in [5.74, 6) is 1.02. The smallest absolute Gasteiger partial charge is 0.156 e. The predicted octanol–water partition coefficient (Wildman–Crippen LogP) is 4.43. The third kappa shape index (κ3) is 4.77. The summed E-state index contributed by atoms with van der Waals surface area (Å²) < 4.78 is 2.22. The molecule has 0 radical (unpaired) electrons. The van der Waals surface area contributed by atoms with Gasteiger partial charge in [-0.15, -0.1) is 0 Å². The predicted molar refractivity (Wildman–Crippen MR) is 113 cm³/mol. The molecule has 146 valence electrons. The molecule has 5 nitrogen and oxygen atoms in total. The second-order valence-corrected chi connectivity index (χ2v) is 6.73. The first-order valence-corrected chi connectivity index (χ1v) is 10.4. The van der Waals surface area contributed by atoms with Crippen LogP contribution < -0.4 is 5.32 Å². The molecule has 0 aliphatic rings. The zero-order valence-corrected chi connectivity index (χ0v) is 17.3. The van der Waals surface area contributed by atoms with E-state index in [0.29, 0.717) is 6.17 Å². The van der Waals surface area contributed by atoms with Gasteiger partial charge in [0.2, 0.25) is 0 Å². The molecule has 0 spiro atoms. The largest absolute Gasteiger partial charge is 0.368 e. The summed E-state index contributed by atoms with van der Waals surface area (Å²) in [4.78, 5) is 4.94. The minimum absolute atomic E-state index is 0.307. The molecule has 0 saturated carbocycles. The third-order valence-electron chi connectivity index (χ3n) is 5.33. The Morgan fingerprint density at radius 2 is 1.69 bits per heavy atom. The summed E-state index contributed by atoms with van der Waals surface area (Å²) in [6.07, 6.45) is 2.49. The van der Waals surface area contributed by atoms with Crippen molar-refractivity contribution in [1.82, 2.24) is 19.6 Å². The first kappa shape index (κ1) is 20.7. The molecule has 26 heavy (non-hydrogen) atoms. The summed E-state index contributed by atoms with van der Waals surface area (Å²) in [6, 6.07) is 8.59. The molecule has 2 rings (SSSR count). The van der Waals surface area contributed by atoms with Gasteiger partial charge >= 0.3 is 0 Å². The maximum absolute atomic E-state index is 4.98. The van der Waals surface area contributed by atoms with Crippen LogP contribution in [0.4, 0.5) is 5.82 Å². The fourth-order valence-corrected chi connectivity index (χ4v) is 3.73. The van der Waals surface area contributed by atoms with E-state index >= 15 is 0 Å². The van der Waals surface area contributed by atoms with Gasteiger partial charge in [0, 0.05) is 11.9 Å². The number of nitrogens with zero attached hydrogens (tertiary/aromatic N) is 4. The Morgan fingerprint density at radius 1 is 1.00 bits per heavy atom. The van der Waals surface area contributed by atoms with Gasteiger partial charge in [-0.2, -0.15) is 5.10 Å². The molecule has 1 aromatic carbocycles. The highest BCUT2D eigenvalue weighted by Crippen LogP contribution is 2.28. The highest BCUT2D eigenvalue weighted by atomic mass is 15.4. The second kappa shape index (κ2) is 10.5. The maximum atomic E-state index is 4.98. The molecular weight excluding hydrogens is 322 g/mol. The van der Waals surface area contributed by atoms with Crippen LogP contribution in [-0.2, 0) is 0 Å². The van der Waals surface area contributed by atoms with E-state index in [1.807, 2.05) is 0 Å². The van der Waals surface area contributed by atoms with Crippen molar-refractivity contribution in [3.63, 3.8) is 0 Å². The number of rotatable bonds is 12. The molecule has 1 atom stereocenters. The summed E-state index contributed by atoms with van der Waals surface area (Å²) in [5, 5.41) is 9.80. The first-order chi connectivity index (χ1) is 12.7. The van der Waals surface area contributed by atoms with Gasteiger partial charge in [0.25, 0.3) is 0 Å².